The highest BCUT2D eigenvalue weighted by Gasteiger charge is 2.13. The number of hydrogen-bond acceptors (Lipinski definition) is 1. The maximum Gasteiger partial charge on any atom is 0.0368 e. The van der Waals surface area contributed by atoms with E-state index >= 15 is 0 Å². The SMILES string of the molecule is C=C(C)CC(NCC)c1ccc(C)cc1Br. The van der Waals surface area contributed by atoms with Crippen molar-refractivity contribution in [3.63, 3.8) is 0 Å². The molecule has 1 unspecified atom stereocenters. The molecule has 1 nitrogen and oxygen atoms in total. The van der Waals surface area contributed by atoms with Gasteiger partial charge >= 0.3 is 0 Å². The van der Waals surface area contributed by atoms with Crippen LogP contribution >= 0.6 is 15.9 Å². The van der Waals surface area contributed by atoms with Crippen molar-refractivity contribution < 1.29 is 0 Å². The van der Waals surface area contributed by atoms with Gasteiger partial charge in [0.15, 0.2) is 0 Å². The zero-order chi connectivity index (χ0) is 12.1. The molecule has 0 spiro atoms. The van der Waals surface area contributed by atoms with Crippen LogP contribution in [0.25, 0.3) is 0 Å². The van der Waals surface area contributed by atoms with Gasteiger partial charge in [0.05, 0.1) is 0 Å². The fraction of sp³-hybridized carbons (Fsp3) is 0.429. The van der Waals surface area contributed by atoms with E-state index in [1.165, 1.54) is 21.2 Å². The lowest BCUT2D eigenvalue weighted by Crippen LogP contribution is -2.21. The van der Waals surface area contributed by atoms with Gasteiger partial charge in [-0.25, -0.2) is 0 Å². The quantitative estimate of drug-likeness (QED) is 0.790. The Kier molecular flexibility index (Phi) is 5.23. The second kappa shape index (κ2) is 6.21. The standard InChI is InChI=1S/C14H20BrN/c1-5-16-14(8-10(2)3)12-7-6-11(4)9-13(12)15/h6-7,9,14,16H,2,5,8H2,1,3-4H3. The molecule has 88 valence electrons. The minimum atomic E-state index is 0.359. The van der Waals surface area contributed by atoms with Gasteiger partial charge in [-0.15, -0.1) is 6.58 Å². The van der Waals surface area contributed by atoms with Gasteiger partial charge in [0.25, 0.3) is 0 Å². The van der Waals surface area contributed by atoms with Crippen molar-refractivity contribution in [3.8, 4) is 0 Å². The molecule has 0 amide bonds. The van der Waals surface area contributed by atoms with Crippen molar-refractivity contribution in [3.05, 3.63) is 46.0 Å². The maximum atomic E-state index is 3.99. The van der Waals surface area contributed by atoms with Gasteiger partial charge < -0.3 is 5.32 Å². The van der Waals surface area contributed by atoms with Crippen molar-refractivity contribution >= 4 is 15.9 Å². The van der Waals surface area contributed by atoms with Crippen LogP contribution in [0.5, 0.6) is 0 Å². The molecule has 1 aromatic carbocycles. The molecule has 0 aliphatic heterocycles. The van der Waals surface area contributed by atoms with E-state index in [0.29, 0.717) is 6.04 Å². The number of aryl methyl sites for hydroxylation is 1. The summed E-state index contributed by atoms with van der Waals surface area (Å²) in [5.74, 6) is 0. The maximum absolute atomic E-state index is 3.99. The molecule has 0 saturated carbocycles. The largest absolute Gasteiger partial charge is 0.310 e. The summed E-state index contributed by atoms with van der Waals surface area (Å²) >= 11 is 3.64. The molecule has 0 bridgehead atoms. The van der Waals surface area contributed by atoms with Crippen LogP contribution in [-0.2, 0) is 0 Å². The predicted molar refractivity (Wildman–Crippen MR) is 74.7 cm³/mol. The van der Waals surface area contributed by atoms with E-state index < -0.39 is 0 Å². The first kappa shape index (κ1) is 13.5. The minimum Gasteiger partial charge on any atom is -0.310 e. The van der Waals surface area contributed by atoms with Gasteiger partial charge in [-0.3, -0.25) is 0 Å². The lowest BCUT2D eigenvalue weighted by molar-refractivity contribution is 0.546. The number of benzene rings is 1. The first-order chi connectivity index (χ1) is 7.54. The highest BCUT2D eigenvalue weighted by molar-refractivity contribution is 9.10. The highest BCUT2D eigenvalue weighted by Crippen LogP contribution is 2.28. The Morgan fingerprint density at radius 2 is 2.19 bits per heavy atom. The molecule has 0 radical (unpaired) electrons. The Bertz CT molecular complexity index is 371. The molecule has 2 heteroatoms. The molecular weight excluding hydrogens is 262 g/mol. The molecule has 0 fully saturated rings. The first-order valence-electron chi connectivity index (χ1n) is 5.68. The summed E-state index contributed by atoms with van der Waals surface area (Å²) in [7, 11) is 0. The normalized spacial score (nSPS) is 12.5. The Hall–Kier alpha value is -0.600. The van der Waals surface area contributed by atoms with Crippen molar-refractivity contribution in [1.82, 2.24) is 5.32 Å². The summed E-state index contributed by atoms with van der Waals surface area (Å²) in [5, 5.41) is 3.50. The molecular formula is C14H20BrN. The van der Waals surface area contributed by atoms with E-state index in [-0.39, 0.29) is 0 Å². The zero-order valence-corrected chi connectivity index (χ0v) is 11.9. The Balaban J connectivity index is 2.95. The van der Waals surface area contributed by atoms with E-state index in [2.05, 4.69) is 66.8 Å². The summed E-state index contributed by atoms with van der Waals surface area (Å²) < 4.78 is 1.18. The van der Waals surface area contributed by atoms with Crippen molar-refractivity contribution in [1.29, 1.82) is 0 Å². The van der Waals surface area contributed by atoms with Gasteiger partial charge in [0.2, 0.25) is 0 Å². The number of halogens is 1. The van der Waals surface area contributed by atoms with Crippen molar-refractivity contribution in [2.24, 2.45) is 0 Å². The number of rotatable bonds is 5. The van der Waals surface area contributed by atoms with Gasteiger partial charge in [-0.1, -0.05) is 40.6 Å². The van der Waals surface area contributed by atoms with Crippen LogP contribution in [0.4, 0.5) is 0 Å². The molecule has 16 heavy (non-hydrogen) atoms. The average Bonchev–Trinajstić information content (AvgIpc) is 2.16. The molecule has 0 aliphatic rings. The summed E-state index contributed by atoms with van der Waals surface area (Å²) in [6, 6.07) is 6.87. The van der Waals surface area contributed by atoms with E-state index in [1.807, 2.05) is 0 Å². The van der Waals surface area contributed by atoms with Crippen molar-refractivity contribution in [2.45, 2.75) is 33.2 Å². The van der Waals surface area contributed by atoms with Crippen molar-refractivity contribution in [2.75, 3.05) is 6.54 Å². The van der Waals surface area contributed by atoms with Crippen LogP contribution in [0, 0.1) is 6.92 Å². The fourth-order valence-electron chi connectivity index (χ4n) is 1.80. The molecule has 1 aromatic rings. The number of nitrogens with one attached hydrogen (secondary N) is 1. The minimum absolute atomic E-state index is 0.359. The summed E-state index contributed by atoms with van der Waals surface area (Å²) in [4.78, 5) is 0. The Morgan fingerprint density at radius 1 is 1.50 bits per heavy atom. The van der Waals surface area contributed by atoms with Gasteiger partial charge in [0, 0.05) is 10.5 Å². The summed E-state index contributed by atoms with van der Waals surface area (Å²) in [6.07, 6.45) is 0.982. The summed E-state index contributed by atoms with van der Waals surface area (Å²) in [5.41, 5.74) is 3.80. The third kappa shape index (κ3) is 3.76. The molecule has 1 rings (SSSR count). The molecule has 0 aromatic heterocycles. The van der Waals surface area contributed by atoms with Crippen LogP contribution < -0.4 is 5.32 Å². The van der Waals surface area contributed by atoms with Crippen LogP contribution in [0.15, 0.2) is 34.8 Å². The third-order valence-electron chi connectivity index (χ3n) is 2.53. The molecule has 1 N–H and O–H groups in total. The fourth-order valence-corrected chi connectivity index (χ4v) is 2.57. The van der Waals surface area contributed by atoms with E-state index in [4.69, 9.17) is 0 Å². The average molecular weight is 282 g/mol. The first-order valence-corrected chi connectivity index (χ1v) is 6.47. The zero-order valence-electron chi connectivity index (χ0n) is 10.3. The van der Waals surface area contributed by atoms with Crippen LogP contribution in [-0.4, -0.2) is 6.54 Å². The summed E-state index contributed by atoms with van der Waals surface area (Å²) in [6.45, 7) is 11.3. The van der Waals surface area contributed by atoms with Crippen LogP contribution in [0.3, 0.4) is 0 Å². The second-order valence-electron chi connectivity index (χ2n) is 4.30. The third-order valence-corrected chi connectivity index (χ3v) is 3.22. The number of hydrogen-bond donors (Lipinski definition) is 1. The van der Waals surface area contributed by atoms with Gasteiger partial charge in [-0.2, -0.15) is 0 Å². The Labute approximate surface area is 107 Å². The monoisotopic (exact) mass is 281 g/mol. The van der Waals surface area contributed by atoms with Gasteiger partial charge in [-0.05, 0) is 44.0 Å². The molecule has 1 atom stereocenters. The highest BCUT2D eigenvalue weighted by atomic mass is 79.9. The van der Waals surface area contributed by atoms with Crippen LogP contribution in [0.1, 0.15) is 37.4 Å². The van der Waals surface area contributed by atoms with E-state index in [1.54, 1.807) is 0 Å². The molecule has 0 saturated heterocycles. The molecule has 0 heterocycles. The topological polar surface area (TPSA) is 12.0 Å². The molecule has 0 aliphatic carbocycles. The van der Waals surface area contributed by atoms with Gasteiger partial charge in [0.1, 0.15) is 0 Å². The second-order valence-corrected chi connectivity index (χ2v) is 5.15. The predicted octanol–water partition coefficient (Wildman–Crippen LogP) is 4.37. The Morgan fingerprint density at radius 3 is 2.69 bits per heavy atom. The van der Waals surface area contributed by atoms with E-state index in [0.717, 1.165) is 13.0 Å². The lowest BCUT2D eigenvalue weighted by Gasteiger charge is -2.20. The lowest BCUT2D eigenvalue weighted by atomic mass is 9.99. The smallest absolute Gasteiger partial charge is 0.0368 e. The van der Waals surface area contributed by atoms with Crippen LogP contribution in [0.2, 0.25) is 0 Å². The van der Waals surface area contributed by atoms with E-state index in [9.17, 15) is 0 Å².